The van der Waals surface area contributed by atoms with Crippen molar-refractivity contribution in [2.24, 2.45) is 0 Å². The Kier molecular flexibility index (Phi) is 3.82. The van der Waals surface area contributed by atoms with Crippen molar-refractivity contribution in [3.05, 3.63) is 71.4 Å². The van der Waals surface area contributed by atoms with E-state index in [2.05, 4.69) is 25.8 Å². The van der Waals surface area contributed by atoms with Crippen LogP contribution < -0.4 is 0 Å². The van der Waals surface area contributed by atoms with Gasteiger partial charge in [0, 0.05) is 33.1 Å². The number of benzene rings is 2. The molecule has 0 spiro atoms. The van der Waals surface area contributed by atoms with Crippen molar-refractivity contribution in [3.8, 4) is 0 Å². The fourth-order valence-corrected chi connectivity index (χ4v) is 2.93. The lowest BCUT2D eigenvalue weighted by molar-refractivity contribution is 0.0747. The summed E-state index contributed by atoms with van der Waals surface area (Å²) in [7, 11) is 0. The fraction of sp³-hybridized carbons (Fsp3) is 0.250. The number of ketones is 1. The van der Waals surface area contributed by atoms with Crippen LogP contribution in [0, 0.1) is 0 Å². The molecule has 0 saturated heterocycles. The highest BCUT2D eigenvalue weighted by Gasteiger charge is 2.30. The molecule has 3 nitrogen and oxygen atoms in total. The van der Waals surface area contributed by atoms with Gasteiger partial charge in [0.15, 0.2) is 5.78 Å². The largest absolute Gasteiger partial charge is 0.380 e. The van der Waals surface area contributed by atoms with Crippen LogP contribution >= 0.6 is 0 Å². The Morgan fingerprint density at radius 2 is 1.61 bits per heavy atom. The molecule has 0 saturated carbocycles. The maximum atomic E-state index is 12.7. The first-order chi connectivity index (χ1) is 10.9. The zero-order valence-corrected chi connectivity index (χ0v) is 13.6. The summed E-state index contributed by atoms with van der Waals surface area (Å²) in [6, 6.07) is 16.7. The molecule has 0 unspecified atom stereocenters. The molecule has 1 aromatic heterocycles. The highest BCUT2D eigenvalue weighted by atomic mass is 16.3. The molecule has 1 heterocycles. The highest BCUT2D eigenvalue weighted by Crippen LogP contribution is 2.36. The lowest BCUT2D eigenvalue weighted by Crippen LogP contribution is -2.19. The summed E-state index contributed by atoms with van der Waals surface area (Å²) >= 11 is 0. The SMILES string of the molecule is CC(C)(C)c1[nH]c2ccccc2c1[C@H](O)C(=O)c1ccccc1. The number of carbonyl (C=O) groups excluding carboxylic acids is 1. The van der Waals surface area contributed by atoms with Gasteiger partial charge in [-0.15, -0.1) is 0 Å². The van der Waals surface area contributed by atoms with Gasteiger partial charge in [0.2, 0.25) is 0 Å². The third kappa shape index (κ3) is 2.80. The number of hydrogen-bond acceptors (Lipinski definition) is 2. The van der Waals surface area contributed by atoms with Gasteiger partial charge in [0.05, 0.1) is 0 Å². The second kappa shape index (κ2) is 5.67. The maximum absolute atomic E-state index is 12.7. The number of aromatic amines is 1. The van der Waals surface area contributed by atoms with Gasteiger partial charge in [0.1, 0.15) is 6.10 Å². The van der Waals surface area contributed by atoms with E-state index in [9.17, 15) is 9.90 Å². The summed E-state index contributed by atoms with van der Waals surface area (Å²) in [5.41, 5.74) is 2.83. The summed E-state index contributed by atoms with van der Waals surface area (Å²) < 4.78 is 0. The van der Waals surface area contributed by atoms with E-state index in [4.69, 9.17) is 0 Å². The molecule has 118 valence electrons. The predicted octanol–water partition coefficient (Wildman–Crippen LogP) is 4.38. The summed E-state index contributed by atoms with van der Waals surface area (Å²) in [6.07, 6.45) is -1.18. The van der Waals surface area contributed by atoms with Gasteiger partial charge in [-0.05, 0) is 6.07 Å². The topological polar surface area (TPSA) is 53.1 Å². The number of H-pyrrole nitrogens is 1. The Morgan fingerprint density at radius 1 is 1.00 bits per heavy atom. The number of rotatable bonds is 3. The first-order valence-electron chi connectivity index (χ1n) is 7.78. The molecule has 3 heteroatoms. The number of carbonyl (C=O) groups is 1. The molecule has 2 N–H and O–H groups in total. The van der Waals surface area contributed by atoms with E-state index < -0.39 is 6.10 Å². The van der Waals surface area contributed by atoms with E-state index in [0.717, 1.165) is 16.6 Å². The van der Waals surface area contributed by atoms with Crippen molar-refractivity contribution in [2.75, 3.05) is 0 Å². The minimum atomic E-state index is -1.18. The molecule has 3 rings (SSSR count). The van der Waals surface area contributed by atoms with Crippen LogP contribution in [-0.4, -0.2) is 15.9 Å². The Balaban J connectivity index is 2.16. The Labute approximate surface area is 136 Å². The number of para-hydroxylation sites is 1. The third-order valence-electron chi connectivity index (χ3n) is 4.08. The van der Waals surface area contributed by atoms with Gasteiger partial charge >= 0.3 is 0 Å². The van der Waals surface area contributed by atoms with Crippen molar-refractivity contribution in [1.82, 2.24) is 4.98 Å². The number of fused-ring (bicyclic) bond motifs is 1. The van der Waals surface area contributed by atoms with Crippen molar-refractivity contribution >= 4 is 16.7 Å². The number of nitrogens with one attached hydrogen (secondary N) is 1. The van der Waals surface area contributed by atoms with E-state index in [1.807, 2.05) is 30.3 Å². The number of aromatic nitrogens is 1. The van der Waals surface area contributed by atoms with Gasteiger partial charge in [-0.2, -0.15) is 0 Å². The minimum Gasteiger partial charge on any atom is -0.380 e. The number of aliphatic hydroxyl groups excluding tert-OH is 1. The molecular formula is C20H21NO2. The molecule has 0 aliphatic carbocycles. The average molecular weight is 307 g/mol. The molecule has 1 atom stereocenters. The molecule has 2 aromatic carbocycles. The van der Waals surface area contributed by atoms with Gasteiger partial charge < -0.3 is 10.1 Å². The smallest absolute Gasteiger partial charge is 0.195 e. The van der Waals surface area contributed by atoms with E-state index in [-0.39, 0.29) is 11.2 Å². The van der Waals surface area contributed by atoms with Gasteiger partial charge in [-0.25, -0.2) is 0 Å². The van der Waals surface area contributed by atoms with E-state index >= 15 is 0 Å². The highest BCUT2D eigenvalue weighted by molar-refractivity contribution is 6.02. The number of hydrogen-bond donors (Lipinski definition) is 2. The van der Waals surface area contributed by atoms with Gasteiger partial charge in [-0.3, -0.25) is 4.79 Å². The van der Waals surface area contributed by atoms with E-state index in [1.54, 1.807) is 24.3 Å². The predicted molar refractivity (Wildman–Crippen MR) is 92.7 cm³/mol. The Morgan fingerprint density at radius 3 is 2.26 bits per heavy atom. The van der Waals surface area contributed by atoms with E-state index in [1.165, 1.54) is 0 Å². The third-order valence-corrected chi connectivity index (χ3v) is 4.08. The Bertz CT molecular complexity index is 841. The molecule has 0 bridgehead atoms. The quantitative estimate of drug-likeness (QED) is 0.705. The van der Waals surface area contributed by atoms with Crippen LogP contribution in [0.25, 0.3) is 10.9 Å². The van der Waals surface area contributed by atoms with Crippen LogP contribution in [-0.2, 0) is 5.41 Å². The molecular weight excluding hydrogens is 286 g/mol. The zero-order chi connectivity index (χ0) is 16.6. The van der Waals surface area contributed by atoms with Crippen LogP contribution in [0.5, 0.6) is 0 Å². The summed E-state index contributed by atoms with van der Waals surface area (Å²) in [5, 5.41) is 11.7. The zero-order valence-electron chi connectivity index (χ0n) is 13.6. The second-order valence-corrected chi connectivity index (χ2v) is 6.84. The van der Waals surface area contributed by atoms with E-state index in [0.29, 0.717) is 11.1 Å². The first kappa shape index (κ1) is 15.5. The standard InChI is InChI=1S/C20H21NO2/c1-20(2,3)19-16(14-11-7-8-12-15(14)21-19)18(23)17(22)13-9-5-4-6-10-13/h4-12,18,21,23H,1-3H3/t18-/m0/s1. The summed E-state index contributed by atoms with van der Waals surface area (Å²) in [5.74, 6) is -0.277. The van der Waals surface area contributed by atoms with Crippen molar-refractivity contribution in [1.29, 1.82) is 0 Å². The minimum absolute atomic E-state index is 0.202. The molecule has 0 aliphatic heterocycles. The lowest BCUT2D eigenvalue weighted by atomic mass is 9.85. The van der Waals surface area contributed by atoms with Crippen LogP contribution in [0.1, 0.15) is 48.5 Å². The molecule has 23 heavy (non-hydrogen) atoms. The van der Waals surface area contributed by atoms with Crippen LogP contribution in [0.15, 0.2) is 54.6 Å². The van der Waals surface area contributed by atoms with Crippen LogP contribution in [0.4, 0.5) is 0 Å². The second-order valence-electron chi connectivity index (χ2n) is 6.84. The molecule has 0 amide bonds. The summed E-state index contributed by atoms with van der Waals surface area (Å²) in [4.78, 5) is 16.1. The van der Waals surface area contributed by atoms with Crippen molar-refractivity contribution in [3.63, 3.8) is 0 Å². The lowest BCUT2D eigenvalue weighted by Gasteiger charge is -2.21. The normalized spacial score (nSPS) is 13.2. The molecule has 0 aliphatic rings. The van der Waals surface area contributed by atoms with Crippen LogP contribution in [0.3, 0.4) is 0 Å². The Hall–Kier alpha value is -2.39. The maximum Gasteiger partial charge on any atom is 0.195 e. The van der Waals surface area contributed by atoms with Crippen molar-refractivity contribution < 1.29 is 9.90 Å². The number of aliphatic hydroxyl groups is 1. The van der Waals surface area contributed by atoms with Crippen molar-refractivity contribution in [2.45, 2.75) is 32.3 Å². The monoisotopic (exact) mass is 307 g/mol. The molecule has 0 radical (unpaired) electrons. The fourth-order valence-electron chi connectivity index (χ4n) is 2.93. The van der Waals surface area contributed by atoms with Gasteiger partial charge in [-0.1, -0.05) is 69.3 Å². The summed E-state index contributed by atoms with van der Waals surface area (Å²) in [6.45, 7) is 6.21. The molecule has 0 fully saturated rings. The van der Waals surface area contributed by atoms with Crippen LogP contribution in [0.2, 0.25) is 0 Å². The first-order valence-corrected chi connectivity index (χ1v) is 7.78. The van der Waals surface area contributed by atoms with Gasteiger partial charge in [0.25, 0.3) is 0 Å². The number of Topliss-reactive ketones (excluding diaryl/α,β-unsaturated/α-hetero) is 1. The molecule has 3 aromatic rings. The average Bonchev–Trinajstić information content (AvgIpc) is 2.94.